The van der Waals surface area contributed by atoms with Gasteiger partial charge in [-0.2, -0.15) is 0 Å². The topological polar surface area (TPSA) is 113 Å². The molecule has 61 valence electrons. The van der Waals surface area contributed by atoms with Crippen LogP contribution in [0.25, 0.3) is 0 Å². The maximum absolute atomic E-state index is 8.88. The molecule has 0 atom stereocenters. The maximum Gasteiger partial charge on any atom is 0 e. The molecule has 0 unspecified atom stereocenters. The first kappa shape index (κ1) is 30.9. The Hall–Kier alpha value is 1.77. The predicted molar refractivity (Wildman–Crippen MR) is 30.3 cm³/mol. The van der Waals surface area contributed by atoms with Crippen LogP contribution in [0, 0.1) is 0 Å². The van der Waals surface area contributed by atoms with Crippen molar-refractivity contribution in [1.82, 2.24) is 6.15 Å². The predicted octanol–water partition coefficient (Wildman–Crippen LogP) is -1.53. The van der Waals surface area contributed by atoms with Crippen LogP contribution in [0.3, 0.4) is 0 Å². The number of hydrogen-bond donors (Lipinski definition) is 4. The van der Waals surface area contributed by atoms with E-state index >= 15 is 0 Å². The van der Waals surface area contributed by atoms with Crippen LogP contribution in [0.1, 0.15) is 0 Å². The number of hydrogen-bond acceptors (Lipinski definition) is 2. The average molecular weight is 236 g/mol. The van der Waals surface area contributed by atoms with Crippen molar-refractivity contribution in [3.05, 3.63) is 0 Å². The van der Waals surface area contributed by atoms with E-state index in [1.807, 2.05) is 0 Å². The fourth-order valence-electron chi connectivity index (χ4n) is 0. The molecule has 0 fully saturated rings. The molecule has 0 spiro atoms. The molecular formula is H9CaCoFNO4P. The Morgan fingerprint density at radius 2 is 1.11 bits per heavy atom. The van der Waals surface area contributed by atoms with Gasteiger partial charge in [-0.25, -0.2) is 4.57 Å². The molecule has 0 bridgehead atoms. The molecule has 0 aromatic carbocycles. The molecule has 9 heteroatoms. The Morgan fingerprint density at radius 1 is 1.11 bits per heavy atom. The summed E-state index contributed by atoms with van der Waals surface area (Å²) in [5.41, 5.74) is 0. The largest absolute Gasteiger partial charge is 0 e. The molecule has 0 aliphatic rings. The summed E-state index contributed by atoms with van der Waals surface area (Å²) in [4.78, 5) is 21.6. The quantitative estimate of drug-likeness (QED) is 0.301. The monoisotopic (exact) mass is 236 g/mol. The van der Waals surface area contributed by atoms with Crippen LogP contribution >= 0.6 is 7.82 Å². The van der Waals surface area contributed by atoms with Crippen molar-refractivity contribution in [3.63, 3.8) is 0 Å². The van der Waals surface area contributed by atoms with Crippen molar-refractivity contribution >= 4 is 45.6 Å². The summed E-state index contributed by atoms with van der Waals surface area (Å²) < 4.78 is 8.88. The van der Waals surface area contributed by atoms with Gasteiger partial charge < -0.3 is 20.8 Å². The van der Waals surface area contributed by atoms with Crippen molar-refractivity contribution in [1.29, 1.82) is 0 Å². The van der Waals surface area contributed by atoms with Gasteiger partial charge in [0.1, 0.15) is 0 Å². The molecule has 9 heavy (non-hydrogen) atoms. The Balaban J connectivity index is -0.0000000133. The van der Waals surface area contributed by atoms with Crippen LogP contribution < -0.4 is 6.15 Å². The minimum Gasteiger partial charge on any atom is 0 e. The molecule has 0 aromatic rings. The van der Waals surface area contributed by atoms with Crippen molar-refractivity contribution in [2.45, 2.75) is 0 Å². The zero-order valence-corrected chi connectivity index (χ0v) is 5.58. The van der Waals surface area contributed by atoms with Crippen LogP contribution in [0.2, 0.25) is 0 Å². The third-order valence-electron chi connectivity index (χ3n) is 0. The molecule has 0 aliphatic carbocycles. The van der Waals surface area contributed by atoms with E-state index in [0.29, 0.717) is 0 Å². The average Bonchev–Trinajstić information content (AvgIpc) is 0.722. The van der Waals surface area contributed by atoms with E-state index in [9.17, 15) is 0 Å². The summed E-state index contributed by atoms with van der Waals surface area (Å²) in [5, 5.41) is 0. The van der Waals surface area contributed by atoms with E-state index in [1.54, 1.807) is 0 Å². The molecule has 0 rings (SSSR count). The van der Waals surface area contributed by atoms with Crippen molar-refractivity contribution in [2.75, 3.05) is 0 Å². The van der Waals surface area contributed by atoms with E-state index in [1.165, 1.54) is 0 Å². The standard InChI is InChI=1S/Ca.Co.FH.H3N.H3O4P.2H/c;;;;1-5(2,3)4;;/h;;1H;1H3;(H3,1,2,3,4);;. The first-order valence-corrected chi connectivity index (χ1v) is 2.35. The van der Waals surface area contributed by atoms with Gasteiger partial charge in [0, 0.05) is 16.8 Å². The van der Waals surface area contributed by atoms with Crippen LogP contribution in [-0.4, -0.2) is 52.4 Å². The van der Waals surface area contributed by atoms with E-state index in [-0.39, 0.29) is 65.4 Å². The summed E-state index contributed by atoms with van der Waals surface area (Å²) in [6.07, 6.45) is 0. The molecule has 0 heterocycles. The number of halogens is 1. The Labute approximate surface area is 91.6 Å². The SMILES string of the molecule is F.N.O=P(O)(O)O.[CaH2].[Co]. The second kappa shape index (κ2) is 12.4. The Kier molecular flexibility index (Phi) is 42.7. The van der Waals surface area contributed by atoms with Gasteiger partial charge in [0.15, 0.2) is 0 Å². The van der Waals surface area contributed by atoms with Crippen LogP contribution in [-0.2, 0) is 21.3 Å². The second-order valence-electron chi connectivity index (χ2n) is 0.513. The second-order valence-corrected chi connectivity index (χ2v) is 1.54. The van der Waals surface area contributed by atoms with Crippen LogP contribution in [0.15, 0.2) is 0 Å². The van der Waals surface area contributed by atoms with E-state index in [0.717, 1.165) is 0 Å². The molecule has 0 amide bonds. The number of phosphoric acid groups is 1. The van der Waals surface area contributed by atoms with E-state index in [2.05, 4.69) is 0 Å². The molecule has 0 aliphatic heterocycles. The van der Waals surface area contributed by atoms with Gasteiger partial charge in [-0.15, -0.1) is 0 Å². The first-order valence-electron chi connectivity index (χ1n) is 0.783. The molecule has 0 saturated heterocycles. The minimum absolute atomic E-state index is 0. The van der Waals surface area contributed by atoms with Gasteiger partial charge in [0.2, 0.25) is 0 Å². The molecule has 0 saturated carbocycles. The van der Waals surface area contributed by atoms with Gasteiger partial charge >= 0.3 is 45.6 Å². The molecule has 5 nitrogen and oxygen atoms in total. The van der Waals surface area contributed by atoms with Gasteiger partial charge in [0.25, 0.3) is 0 Å². The van der Waals surface area contributed by atoms with Crippen molar-refractivity contribution in [3.8, 4) is 0 Å². The molecule has 6 N–H and O–H groups in total. The smallest absolute Gasteiger partial charge is 0 e. The van der Waals surface area contributed by atoms with Crippen LogP contribution in [0.5, 0.6) is 0 Å². The summed E-state index contributed by atoms with van der Waals surface area (Å²) >= 11 is 0. The van der Waals surface area contributed by atoms with Crippen molar-refractivity contribution < 1.29 is 40.7 Å². The molecule has 0 aromatic heterocycles. The third kappa shape index (κ3) is 189. The fourth-order valence-corrected chi connectivity index (χ4v) is 0. The normalized spacial score (nSPS) is 6.56. The van der Waals surface area contributed by atoms with Gasteiger partial charge in [-0.05, 0) is 0 Å². The molecular weight excluding hydrogens is 227 g/mol. The zero-order valence-electron chi connectivity index (χ0n) is 3.65. The first-order chi connectivity index (χ1) is 2.00. The van der Waals surface area contributed by atoms with Gasteiger partial charge in [0.05, 0.1) is 0 Å². The Bertz CT molecular complexity index is 66.7. The van der Waals surface area contributed by atoms with Crippen molar-refractivity contribution in [2.24, 2.45) is 0 Å². The maximum atomic E-state index is 8.88. The Morgan fingerprint density at radius 3 is 1.11 bits per heavy atom. The molecule has 1 radical (unpaired) electrons. The summed E-state index contributed by atoms with van der Waals surface area (Å²) in [7, 11) is -4.64. The third-order valence-corrected chi connectivity index (χ3v) is 0. The van der Waals surface area contributed by atoms with Gasteiger partial charge in [-0.1, -0.05) is 0 Å². The number of rotatable bonds is 0. The summed E-state index contributed by atoms with van der Waals surface area (Å²) in [6.45, 7) is 0. The summed E-state index contributed by atoms with van der Waals surface area (Å²) in [6, 6.07) is 0. The van der Waals surface area contributed by atoms with E-state index in [4.69, 9.17) is 19.2 Å². The van der Waals surface area contributed by atoms with Crippen LogP contribution in [0.4, 0.5) is 4.70 Å². The zero-order chi connectivity index (χ0) is 4.50. The summed E-state index contributed by atoms with van der Waals surface area (Å²) in [5.74, 6) is 0. The minimum atomic E-state index is -4.64. The fraction of sp³-hybridized carbons (Fsp3) is 0. The van der Waals surface area contributed by atoms with Gasteiger partial charge in [-0.3, -0.25) is 4.70 Å². The van der Waals surface area contributed by atoms with E-state index < -0.39 is 7.82 Å².